The third-order valence-electron chi connectivity index (χ3n) is 11.5. The van der Waals surface area contributed by atoms with E-state index in [1.807, 2.05) is 24.3 Å². The molecule has 9 aromatic carbocycles. The minimum absolute atomic E-state index is 0.692. The molecule has 0 aliphatic heterocycles. The van der Waals surface area contributed by atoms with Crippen LogP contribution in [0.25, 0.3) is 110 Å². The number of aromatic nitrogens is 4. The molecule has 0 spiro atoms. The largest absolute Gasteiger partial charge is 0.309 e. The number of benzene rings is 9. The fourth-order valence-corrected chi connectivity index (χ4v) is 9.20. The number of fused-ring (bicyclic) bond motifs is 15. The highest BCUT2D eigenvalue weighted by atomic mass is 15.1. The monoisotopic (exact) mass is 712 g/mol. The van der Waals surface area contributed by atoms with E-state index in [0.717, 1.165) is 39.4 Å². The van der Waals surface area contributed by atoms with Crippen molar-refractivity contribution in [1.82, 2.24) is 19.1 Å². The van der Waals surface area contributed by atoms with Gasteiger partial charge in [-0.05, 0) is 40.4 Å². The second-order valence-corrected chi connectivity index (χ2v) is 14.5. The van der Waals surface area contributed by atoms with Crippen LogP contribution in [-0.2, 0) is 0 Å². The minimum atomic E-state index is 0.692. The van der Waals surface area contributed by atoms with Gasteiger partial charge in [0.2, 0.25) is 0 Å². The normalized spacial score (nSPS) is 11.9. The molecule has 260 valence electrons. The molecule has 3 aromatic heterocycles. The number of rotatable bonds is 4. The van der Waals surface area contributed by atoms with Gasteiger partial charge in [-0.1, -0.05) is 164 Å². The molecule has 3 heterocycles. The van der Waals surface area contributed by atoms with E-state index >= 15 is 0 Å². The Hall–Kier alpha value is -7.56. The fourth-order valence-electron chi connectivity index (χ4n) is 9.20. The van der Waals surface area contributed by atoms with Crippen LogP contribution < -0.4 is 0 Å². The second-order valence-electron chi connectivity index (χ2n) is 14.5. The number of hydrogen-bond acceptors (Lipinski definition) is 2. The van der Waals surface area contributed by atoms with Crippen molar-refractivity contribution in [3.63, 3.8) is 0 Å². The molecule has 4 nitrogen and oxygen atoms in total. The minimum Gasteiger partial charge on any atom is -0.309 e. The van der Waals surface area contributed by atoms with E-state index in [0.29, 0.717) is 5.82 Å². The van der Waals surface area contributed by atoms with E-state index in [2.05, 4.69) is 179 Å². The van der Waals surface area contributed by atoms with E-state index in [-0.39, 0.29) is 0 Å². The molecular formula is C52H32N4. The maximum Gasteiger partial charge on any atom is 0.162 e. The molecular weight excluding hydrogens is 681 g/mol. The summed E-state index contributed by atoms with van der Waals surface area (Å²) in [6.07, 6.45) is 0. The van der Waals surface area contributed by atoms with Gasteiger partial charge in [0.15, 0.2) is 5.82 Å². The molecule has 56 heavy (non-hydrogen) atoms. The first kappa shape index (κ1) is 30.9. The highest BCUT2D eigenvalue weighted by Gasteiger charge is 2.26. The van der Waals surface area contributed by atoms with Gasteiger partial charge < -0.3 is 4.57 Å². The van der Waals surface area contributed by atoms with Crippen molar-refractivity contribution in [2.24, 2.45) is 0 Å². The van der Waals surface area contributed by atoms with Crippen molar-refractivity contribution in [3.8, 4) is 34.2 Å². The Morgan fingerprint density at radius 3 is 1.45 bits per heavy atom. The van der Waals surface area contributed by atoms with Crippen molar-refractivity contribution < 1.29 is 0 Å². The first-order valence-corrected chi connectivity index (χ1v) is 19.1. The van der Waals surface area contributed by atoms with Gasteiger partial charge in [0.25, 0.3) is 0 Å². The molecule has 0 fully saturated rings. The van der Waals surface area contributed by atoms with Gasteiger partial charge >= 0.3 is 0 Å². The lowest BCUT2D eigenvalue weighted by Crippen LogP contribution is -2.03. The molecule has 0 aliphatic carbocycles. The summed E-state index contributed by atoms with van der Waals surface area (Å²) < 4.78 is 4.87. The van der Waals surface area contributed by atoms with Crippen molar-refractivity contribution in [1.29, 1.82) is 0 Å². The average Bonchev–Trinajstić information content (AvgIpc) is 3.81. The van der Waals surface area contributed by atoms with Crippen molar-refractivity contribution in [3.05, 3.63) is 194 Å². The predicted molar refractivity (Wildman–Crippen MR) is 234 cm³/mol. The average molecular weight is 713 g/mol. The third kappa shape index (κ3) is 4.35. The van der Waals surface area contributed by atoms with Crippen LogP contribution in [0.1, 0.15) is 0 Å². The Bertz CT molecular complexity index is 3450. The standard InChI is InChI=1S/C52H32N4/c1-4-18-33(19-5-1)42-32-45(54-52(53-42)34-20-6-2-7-21-34)56-44-31-17-15-29-41(44)49-47-37-25-11-10-24-36(37)46-40-28-14-16-30-43(40)55(35-22-8-3-9-23-35)51(46)48(47)38-26-12-13-27-39(38)50(49)56/h1-32H. The molecule has 0 N–H and O–H groups in total. The predicted octanol–water partition coefficient (Wildman–Crippen LogP) is 13.5. The molecule has 0 saturated carbocycles. The summed E-state index contributed by atoms with van der Waals surface area (Å²) in [7, 11) is 0. The van der Waals surface area contributed by atoms with Crippen molar-refractivity contribution in [2.75, 3.05) is 0 Å². The number of para-hydroxylation sites is 3. The summed E-state index contributed by atoms with van der Waals surface area (Å²) in [5.74, 6) is 1.52. The van der Waals surface area contributed by atoms with Gasteiger partial charge in [0, 0.05) is 60.6 Å². The summed E-state index contributed by atoms with van der Waals surface area (Å²) in [6, 6.07) is 69.4. The second kappa shape index (κ2) is 12.0. The van der Waals surface area contributed by atoms with Crippen molar-refractivity contribution in [2.45, 2.75) is 0 Å². The molecule has 0 amide bonds. The molecule has 0 aliphatic rings. The molecule has 0 radical (unpaired) electrons. The van der Waals surface area contributed by atoms with Gasteiger partial charge in [0.1, 0.15) is 5.82 Å². The van der Waals surface area contributed by atoms with Crippen LogP contribution in [-0.4, -0.2) is 19.1 Å². The van der Waals surface area contributed by atoms with Crippen LogP contribution in [0.2, 0.25) is 0 Å². The quantitative estimate of drug-likeness (QED) is 0.170. The Labute approximate surface area is 322 Å². The highest BCUT2D eigenvalue weighted by Crippen LogP contribution is 2.50. The lowest BCUT2D eigenvalue weighted by molar-refractivity contribution is 1.05. The molecule has 12 aromatic rings. The van der Waals surface area contributed by atoms with E-state index in [1.165, 1.54) is 64.9 Å². The first-order chi connectivity index (χ1) is 27.8. The van der Waals surface area contributed by atoms with Crippen LogP contribution in [0.15, 0.2) is 194 Å². The van der Waals surface area contributed by atoms with Crippen LogP contribution in [0.3, 0.4) is 0 Å². The summed E-state index contributed by atoms with van der Waals surface area (Å²) in [5.41, 5.74) is 8.70. The maximum atomic E-state index is 5.40. The summed E-state index contributed by atoms with van der Waals surface area (Å²) >= 11 is 0. The molecule has 0 unspecified atom stereocenters. The first-order valence-electron chi connectivity index (χ1n) is 19.1. The SMILES string of the molecule is c1ccc(-c2cc(-n3c4ccccc4c4c5c6ccccc6c6c7ccccc7n(-c7ccccc7)c6c5c5ccccc5c43)nc(-c3ccccc3)n2)cc1. The Morgan fingerprint density at radius 1 is 0.321 bits per heavy atom. The zero-order valence-corrected chi connectivity index (χ0v) is 30.3. The van der Waals surface area contributed by atoms with Gasteiger partial charge in [-0.25, -0.2) is 9.97 Å². The fraction of sp³-hybridized carbons (Fsp3) is 0. The Morgan fingerprint density at radius 2 is 0.786 bits per heavy atom. The van der Waals surface area contributed by atoms with E-state index in [1.54, 1.807) is 0 Å². The molecule has 0 bridgehead atoms. The van der Waals surface area contributed by atoms with Crippen LogP contribution >= 0.6 is 0 Å². The van der Waals surface area contributed by atoms with Crippen LogP contribution in [0.4, 0.5) is 0 Å². The van der Waals surface area contributed by atoms with E-state index < -0.39 is 0 Å². The van der Waals surface area contributed by atoms with Crippen LogP contribution in [0, 0.1) is 0 Å². The lowest BCUT2D eigenvalue weighted by Gasteiger charge is -2.17. The van der Waals surface area contributed by atoms with E-state index in [9.17, 15) is 0 Å². The zero-order chi connectivity index (χ0) is 36.7. The molecule has 0 saturated heterocycles. The van der Waals surface area contributed by atoms with Gasteiger partial charge in [-0.15, -0.1) is 0 Å². The molecule has 12 rings (SSSR count). The zero-order valence-electron chi connectivity index (χ0n) is 30.3. The van der Waals surface area contributed by atoms with Crippen LogP contribution in [0.5, 0.6) is 0 Å². The summed E-state index contributed by atoms with van der Waals surface area (Å²) in [6.45, 7) is 0. The summed E-state index contributed by atoms with van der Waals surface area (Å²) in [4.78, 5) is 10.6. The van der Waals surface area contributed by atoms with E-state index in [4.69, 9.17) is 9.97 Å². The highest BCUT2D eigenvalue weighted by molar-refractivity contribution is 6.44. The Kier molecular flexibility index (Phi) is 6.60. The maximum absolute atomic E-state index is 5.40. The number of hydrogen-bond donors (Lipinski definition) is 0. The van der Waals surface area contributed by atoms with Gasteiger partial charge in [-0.3, -0.25) is 4.57 Å². The van der Waals surface area contributed by atoms with Gasteiger partial charge in [0.05, 0.1) is 27.8 Å². The topological polar surface area (TPSA) is 35.6 Å². The van der Waals surface area contributed by atoms with Gasteiger partial charge in [-0.2, -0.15) is 0 Å². The Balaban J connectivity index is 1.34. The molecule has 0 atom stereocenters. The lowest BCUT2D eigenvalue weighted by atomic mass is 9.90. The number of nitrogens with zero attached hydrogens (tertiary/aromatic N) is 4. The molecule has 4 heteroatoms. The summed E-state index contributed by atoms with van der Waals surface area (Å²) in [5, 5.41) is 12.3. The van der Waals surface area contributed by atoms with Crippen molar-refractivity contribution >= 4 is 75.9 Å². The smallest absolute Gasteiger partial charge is 0.162 e. The third-order valence-corrected chi connectivity index (χ3v) is 11.5.